The maximum atomic E-state index is 5.61. The molecule has 3 rings (SSSR count). The van der Waals surface area contributed by atoms with Gasteiger partial charge in [0.25, 0.3) is 0 Å². The summed E-state index contributed by atoms with van der Waals surface area (Å²) in [4.78, 5) is 0. The van der Waals surface area contributed by atoms with E-state index in [1.807, 2.05) is 42.5 Å². The third kappa shape index (κ3) is 2.91. The van der Waals surface area contributed by atoms with Crippen molar-refractivity contribution in [3.8, 4) is 28.3 Å². The maximum Gasteiger partial charge on any atom is 0.180 e. The van der Waals surface area contributed by atoms with Crippen molar-refractivity contribution in [2.24, 2.45) is 0 Å². The van der Waals surface area contributed by atoms with Crippen LogP contribution in [-0.4, -0.2) is 27.2 Å². The van der Waals surface area contributed by atoms with Crippen LogP contribution in [0.5, 0.6) is 5.75 Å². The van der Waals surface area contributed by atoms with Crippen LogP contribution in [0.3, 0.4) is 0 Å². The fraction of sp³-hybridized carbons (Fsp3) is 0.188. The van der Waals surface area contributed by atoms with Crippen molar-refractivity contribution < 1.29 is 4.74 Å². The molecule has 0 fully saturated rings. The quantitative estimate of drug-likeness (QED) is 0.778. The lowest BCUT2D eigenvalue weighted by atomic mass is 9.99. The largest absolute Gasteiger partial charge is 0.494 e. The zero-order chi connectivity index (χ0) is 14.5. The summed E-state index contributed by atoms with van der Waals surface area (Å²) >= 11 is 0. The van der Waals surface area contributed by atoms with Gasteiger partial charge in [-0.25, -0.2) is 5.10 Å². The van der Waals surface area contributed by atoms with Gasteiger partial charge in [-0.05, 0) is 40.1 Å². The van der Waals surface area contributed by atoms with Crippen LogP contribution >= 0.6 is 0 Å². The zero-order valence-electron chi connectivity index (χ0n) is 11.8. The van der Waals surface area contributed by atoms with Crippen LogP contribution in [0.15, 0.2) is 48.5 Å². The molecule has 2 aromatic carbocycles. The van der Waals surface area contributed by atoms with E-state index in [-0.39, 0.29) is 0 Å². The van der Waals surface area contributed by atoms with Crippen molar-refractivity contribution in [2.75, 3.05) is 6.61 Å². The van der Waals surface area contributed by atoms with Gasteiger partial charge in [0.15, 0.2) is 5.82 Å². The first-order chi connectivity index (χ1) is 10.4. The third-order valence-corrected chi connectivity index (χ3v) is 3.17. The van der Waals surface area contributed by atoms with E-state index >= 15 is 0 Å². The fourth-order valence-electron chi connectivity index (χ4n) is 2.17. The molecular formula is C16H16N4O. The Morgan fingerprint density at radius 2 is 1.76 bits per heavy atom. The molecule has 106 valence electrons. The number of nitrogens with zero attached hydrogens (tertiary/aromatic N) is 3. The number of aromatic nitrogens is 4. The van der Waals surface area contributed by atoms with Gasteiger partial charge in [0.2, 0.25) is 0 Å². The highest BCUT2D eigenvalue weighted by atomic mass is 16.5. The summed E-state index contributed by atoms with van der Waals surface area (Å²) in [5.41, 5.74) is 3.16. The number of rotatable bonds is 5. The van der Waals surface area contributed by atoms with Crippen LogP contribution in [0.2, 0.25) is 0 Å². The standard InChI is InChI=1S/C16H16N4O/c1-2-11-21-13-9-7-12(8-10-13)14-5-3-4-6-15(14)16-17-19-20-18-16/h3-10H,2,11H2,1H3,(H,17,18,19,20). The summed E-state index contributed by atoms with van der Waals surface area (Å²) in [6, 6.07) is 16.1. The summed E-state index contributed by atoms with van der Waals surface area (Å²) in [5, 5.41) is 14.1. The molecule has 0 bridgehead atoms. The Hall–Kier alpha value is -2.69. The van der Waals surface area contributed by atoms with Gasteiger partial charge in [0.05, 0.1) is 6.61 Å². The molecule has 0 saturated heterocycles. The number of benzene rings is 2. The Balaban J connectivity index is 1.94. The van der Waals surface area contributed by atoms with Crippen LogP contribution in [0, 0.1) is 0 Å². The number of ether oxygens (including phenoxy) is 1. The van der Waals surface area contributed by atoms with Crippen LogP contribution in [0.4, 0.5) is 0 Å². The summed E-state index contributed by atoms with van der Waals surface area (Å²) in [6.45, 7) is 2.83. The molecule has 21 heavy (non-hydrogen) atoms. The smallest absolute Gasteiger partial charge is 0.180 e. The minimum absolute atomic E-state index is 0.664. The molecule has 0 unspecified atom stereocenters. The topological polar surface area (TPSA) is 63.7 Å². The van der Waals surface area contributed by atoms with Gasteiger partial charge in [0, 0.05) is 5.56 Å². The van der Waals surface area contributed by atoms with E-state index in [4.69, 9.17) is 4.74 Å². The molecule has 1 aromatic heterocycles. The molecule has 1 N–H and O–H groups in total. The molecule has 3 aromatic rings. The molecular weight excluding hydrogens is 264 g/mol. The molecule has 0 aliphatic carbocycles. The predicted molar refractivity (Wildman–Crippen MR) is 80.8 cm³/mol. The minimum Gasteiger partial charge on any atom is -0.494 e. The van der Waals surface area contributed by atoms with Gasteiger partial charge in [-0.1, -0.05) is 43.3 Å². The molecule has 0 aliphatic rings. The first-order valence-electron chi connectivity index (χ1n) is 6.95. The zero-order valence-corrected chi connectivity index (χ0v) is 11.8. The number of hydrogen-bond donors (Lipinski definition) is 1. The molecule has 0 radical (unpaired) electrons. The average Bonchev–Trinajstić information content (AvgIpc) is 3.08. The van der Waals surface area contributed by atoms with Gasteiger partial charge >= 0.3 is 0 Å². The highest BCUT2D eigenvalue weighted by Crippen LogP contribution is 2.30. The van der Waals surface area contributed by atoms with E-state index in [9.17, 15) is 0 Å². The maximum absolute atomic E-state index is 5.61. The number of aromatic amines is 1. The lowest BCUT2D eigenvalue weighted by molar-refractivity contribution is 0.317. The number of tetrazole rings is 1. The first-order valence-corrected chi connectivity index (χ1v) is 6.95. The molecule has 5 heteroatoms. The summed E-state index contributed by atoms with van der Waals surface area (Å²) in [6.07, 6.45) is 1.00. The fourth-order valence-corrected chi connectivity index (χ4v) is 2.17. The molecule has 1 heterocycles. The van der Waals surface area contributed by atoms with Crippen LogP contribution < -0.4 is 4.74 Å². The molecule has 0 spiro atoms. The molecule has 0 atom stereocenters. The second-order valence-electron chi connectivity index (χ2n) is 4.67. The Morgan fingerprint density at radius 3 is 2.43 bits per heavy atom. The summed E-state index contributed by atoms with van der Waals surface area (Å²) < 4.78 is 5.61. The third-order valence-electron chi connectivity index (χ3n) is 3.17. The lowest BCUT2D eigenvalue weighted by Crippen LogP contribution is -1.94. The SMILES string of the molecule is CCCOc1ccc(-c2ccccc2-c2nnn[nH]2)cc1. The van der Waals surface area contributed by atoms with Gasteiger partial charge < -0.3 is 4.74 Å². The minimum atomic E-state index is 0.664. The van der Waals surface area contributed by atoms with Crippen molar-refractivity contribution >= 4 is 0 Å². The lowest BCUT2D eigenvalue weighted by Gasteiger charge is -2.09. The average molecular weight is 280 g/mol. The molecule has 5 nitrogen and oxygen atoms in total. The second kappa shape index (κ2) is 6.17. The van der Waals surface area contributed by atoms with E-state index in [1.165, 1.54) is 0 Å². The summed E-state index contributed by atoms with van der Waals surface area (Å²) in [5.74, 6) is 1.55. The van der Waals surface area contributed by atoms with Gasteiger partial charge in [-0.3, -0.25) is 0 Å². The predicted octanol–water partition coefficient (Wildman–Crippen LogP) is 3.32. The second-order valence-corrected chi connectivity index (χ2v) is 4.67. The van der Waals surface area contributed by atoms with E-state index in [2.05, 4.69) is 33.6 Å². The number of H-pyrrole nitrogens is 1. The van der Waals surface area contributed by atoms with Crippen molar-refractivity contribution in [3.05, 3.63) is 48.5 Å². The number of nitrogens with one attached hydrogen (secondary N) is 1. The van der Waals surface area contributed by atoms with Crippen LogP contribution in [-0.2, 0) is 0 Å². The van der Waals surface area contributed by atoms with Crippen molar-refractivity contribution in [1.82, 2.24) is 20.6 Å². The van der Waals surface area contributed by atoms with Crippen molar-refractivity contribution in [1.29, 1.82) is 0 Å². The van der Waals surface area contributed by atoms with Crippen molar-refractivity contribution in [2.45, 2.75) is 13.3 Å². The van der Waals surface area contributed by atoms with E-state index in [0.717, 1.165) is 35.5 Å². The van der Waals surface area contributed by atoms with Gasteiger partial charge in [-0.2, -0.15) is 0 Å². The molecule has 0 saturated carbocycles. The Bertz CT molecular complexity index is 693. The first kappa shape index (κ1) is 13.3. The van der Waals surface area contributed by atoms with E-state index in [0.29, 0.717) is 5.82 Å². The Labute approximate surface area is 123 Å². The monoisotopic (exact) mass is 280 g/mol. The van der Waals surface area contributed by atoms with E-state index in [1.54, 1.807) is 0 Å². The van der Waals surface area contributed by atoms with Crippen molar-refractivity contribution in [3.63, 3.8) is 0 Å². The van der Waals surface area contributed by atoms with Crippen LogP contribution in [0.1, 0.15) is 13.3 Å². The van der Waals surface area contributed by atoms with Gasteiger partial charge in [0.1, 0.15) is 5.75 Å². The van der Waals surface area contributed by atoms with Crippen LogP contribution in [0.25, 0.3) is 22.5 Å². The summed E-state index contributed by atoms with van der Waals surface area (Å²) in [7, 11) is 0. The Morgan fingerprint density at radius 1 is 1.00 bits per heavy atom. The normalized spacial score (nSPS) is 10.5. The highest BCUT2D eigenvalue weighted by Gasteiger charge is 2.09. The Kier molecular flexibility index (Phi) is 3.91. The molecule has 0 amide bonds. The van der Waals surface area contributed by atoms with Gasteiger partial charge in [-0.15, -0.1) is 5.10 Å². The highest BCUT2D eigenvalue weighted by molar-refractivity contribution is 5.80. The van der Waals surface area contributed by atoms with E-state index < -0.39 is 0 Å². The molecule has 0 aliphatic heterocycles. The number of hydrogen-bond acceptors (Lipinski definition) is 4.